The second-order valence-electron chi connectivity index (χ2n) is 5.56. The van der Waals surface area contributed by atoms with Gasteiger partial charge in [-0.25, -0.2) is 9.48 Å². The summed E-state index contributed by atoms with van der Waals surface area (Å²) in [7, 11) is 0. The molecule has 3 aromatic rings. The van der Waals surface area contributed by atoms with Gasteiger partial charge in [0.2, 0.25) is 5.91 Å². The number of nitrogens with zero attached hydrogens (tertiary/aromatic N) is 2. The van der Waals surface area contributed by atoms with Gasteiger partial charge in [-0.3, -0.25) is 4.79 Å². The maximum atomic E-state index is 11.8. The summed E-state index contributed by atoms with van der Waals surface area (Å²) in [5.41, 5.74) is 2.52. The maximum absolute atomic E-state index is 11.8. The molecule has 0 fully saturated rings. The molecule has 3 N–H and O–H groups in total. The first kappa shape index (κ1) is 17.2. The van der Waals surface area contributed by atoms with E-state index < -0.39 is 6.03 Å². The van der Waals surface area contributed by atoms with Crippen LogP contribution in [0.25, 0.3) is 16.6 Å². The number of hydrogen-bond acceptors (Lipinski definition) is 3. The molecule has 0 aliphatic heterocycles. The second kappa shape index (κ2) is 7.98. The van der Waals surface area contributed by atoms with E-state index in [0.717, 1.165) is 16.6 Å². The van der Waals surface area contributed by atoms with Crippen LogP contribution in [-0.2, 0) is 4.79 Å². The smallest absolute Gasteiger partial charge is 0.319 e. The van der Waals surface area contributed by atoms with Gasteiger partial charge >= 0.3 is 6.03 Å². The van der Waals surface area contributed by atoms with Crippen LogP contribution >= 0.6 is 0 Å². The number of rotatable bonds is 6. The number of nitrogens with one attached hydrogen (secondary N) is 3. The number of carbonyl (C=O) groups is 2. The van der Waals surface area contributed by atoms with Crippen molar-refractivity contribution >= 4 is 28.5 Å². The normalized spacial score (nSPS) is 10.3. The van der Waals surface area contributed by atoms with Crippen LogP contribution in [0.15, 0.2) is 67.4 Å². The van der Waals surface area contributed by atoms with E-state index >= 15 is 0 Å². The lowest BCUT2D eigenvalue weighted by Crippen LogP contribution is -2.38. The van der Waals surface area contributed by atoms with E-state index in [-0.39, 0.29) is 12.5 Å². The van der Waals surface area contributed by atoms with Crippen LogP contribution in [0, 0.1) is 0 Å². The van der Waals surface area contributed by atoms with Crippen LogP contribution < -0.4 is 16.0 Å². The fraction of sp³-hybridized carbons (Fsp3) is 0.105. The lowest BCUT2D eigenvalue weighted by atomic mass is 10.2. The largest absolute Gasteiger partial charge is 0.351 e. The molecule has 2 aromatic carbocycles. The van der Waals surface area contributed by atoms with Crippen LogP contribution in [0.1, 0.15) is 0 Å². The Kier molecular flexibility index (Phi) is 5.28. The molecule has 0 bridgehead atoms. The predicted molar refractivity (Wildman–Crippen MR) is 101 cm³/mol. The van der Waals surface area contributed by atoms with Gasteiger partial charge < -0.3 is 16.0 Å². The van der Waals surface area contributed by atoms with E-state index in [2.05, 4.69) is 27.6 Å². The molecule has 7 nitrogen and oxygen atoms in total. The van der Waals surface area contributed by atoms with E-state index in [9.17, 15) is 9.59 Å². The van der Waals surface area contributed by atoms with Gasteiger partial charge in [-0.15, -0.1) is 6.58 Å². The number of benzene rings is 2. The maximum Gasteiger partial charge on any atom is 0.319 e. The van der Waals surface area contributed by atoms with Crippen molar-refractivity contribution in [2.75, 3.05) is 18.4 Å². The molecule has 0 aliphatic rings. The first-order valence-electron chi connectivity index (χ1n) is 8.13. The van der Waals surface area contributed by atoms with Crippen molar-refractivity contribution in [3.8, 4) is 5.69 Å². The fourth-order valence-electron chi connectivity index (χ4n) is 2.45. The molecular formula is C19H19N5O2. The molecule has 1 heterocycles. The zero-order valence-electron chi connectivity index (χ0n) is 14.1. The molecule has 0 aliphatic carbocycles. The Morgan fingerprint density at radius 1 is 1.08 bits per heavy atom. The summed E-state index contributed by atoms with van der Waals surface area (Å²) < 4.78 is 1.84. The predicted octanol–water partition coefficient (Wildman–Crippen LogP) is 2.45. The summed E-state index contributed by atoms with van der Waals surface area (Å²) in [4.78, 5) is 23.3. The van der Waals surface area contributed by atoms with Crippen molar-refractivity contribution in [3.63, 3.8) is 0 Å². The van der Waals surface area contributed by atoms with Crippen molar-refractivity contribution in [2.24, 2.45) is 0 Å². The lowest BCUT2D eigenvalue weighted by molar-refractivity contribution is -0.119. The van der Waals surface area contributed by atoms with Gasteiger partial charge in [-0.05, 0) is 30.3 Å². The molecule has 0 spiro atoms. The zero-order valence-corrected chi connectivity index (χ0v) is 14.1. The van der Waals surface area contributed by atoms with Crippen LogP contribution in [0.5, 0.6) is 0 Å². The molecule has 3 amide bonds. The molecule has 0 unspecified atom stereocenters. The monoisotopic (exact) mass is 349 g/mol. The molecule has 0 radical (unpaired) electrons. The number of carbonyl (C=O) groups excluding carboxylic acids is 2. The number of fused-ring (bicyclic) bond motifs is 1. The molecule has 0 saturated carbocycles. The molecule has 132 valence electrons. The SMILES string of the molecule is C=CCNC(=O)CNC(=O)Nc1ccc(-n2ncc3ccccc32)cc1. The minimum absolute atomic E-state index is 0.100. The van der Waals surface area contributed by atoms with E-state index in [0.29, 0.717) is 12.2 Å². The first-order valence-corrected chi connectivity index (χ1v) is 8.13. The number of para-hydroxylation sites is 1. The Morgan fingerprint density at radius 2 is 1.85 bits per heavy atom. The molecule has 0 saturated heterocycles. The highest BCUT2D eigenvalue weighted by molar-refractivity contribution is 5.92. The quantitative estimate of drug-likeness (QED) is 0.597. The number of urea groups is 1. The molecule has 0 atom stereocenters. The number of anilines is 1. The fourth-order valence-corrected chi connectivity index (χ4v) is 2.45. The Hall–Kier alpha value is -3.61. The van der Waals surface area contributed by atoms with Gasteiger partial charge in [0.15, 0.2) is 0 Å². The molecular weight excluding hydrogens is 330 g/mol. The summed E-state index contributed by atoms with van der Waals surface area (Å²) in [5, 5.41) is 13.2. The van der Waals surface area contributed by atoms with E-state index in [4.69, 9.17) is 0 Å². The van der Waals surface area contributed by atoms with Crippen molar-refractivity contribution in [2.45, 2.75) is 0 Å². The summed E-state index contributed by atoms with van der Waals surface area (Å²) >= 11 is 0. The van der Waals surface area contributed by atoms with E-state index in [1.54, 1.807) is 18.2 Å². The zero-order chi connectivity index (χ0) is 18.4. The third-order valence-electron chi connectivity index (χ3n) is 3.70. The number of aromatic nitrogens is 2. The van der Waals surface area contributed by atoms with E-state index in [1.807, 2.05) is 47.3 Å². The van der Waals surface area contributed by atoms with Crippen LogP contribution in [-0.4, -0.2) is 34.8 Å². The summed E-state index contributed by atoms with van der Waals surface area (Å²) in [6, 6.07) is 14.8. The van der Waals surface area contributed by atoms with Crippen LogP contribution in [0.4, 0.5) is 10.5 Å². The highest BCUT2D eigenvalue weighted by Gasteiger charge is 2.07. The Balaban J connectivity index is 1.60. The summed E-state index contributed by atoms with van der Waals surface area (Å²) in [6.07, 6.45) is 3.38. The highest BCUT2D eigenvalue weighted by atomic mass is 16.2. The Morgan fingerprint density at radius 3 is 2.62 bits per heavy atom. The Labute approximate surface area is 150 Å². The summed E-state index contributed by atoms with van der Waals surface area (Å²) in [5.74, 6) is -0.277. The topological polar surface area (TPSA) is 88.0 Å². The molecule has 7 heteroatoms. The van der Waals surface area contributed by atoms with Gasteiger partial charge in [-0.2, -0.15) is 5.10 Å². The minimum atomic E-state index is -0.448. The first-order chi connectivity index (χ1) is 12.7. The third-order valence-corrected chi connectivity index (χ3v) is 3.70. The van der Waals surface area contributed by atoms with Gasteiger partial charge in [0.1, 0.15) is 0 Å². The van der Waals surface area contributed by atoms with Crippen molar-refractivity contribution < 1.29 is 9.59 Å². The van der Waals surface area contributed by atoms with Crippen molar-refractivity contribution in [3.05, 3.63) is 67.4 Å². The third kappa shape index (κ3) is 4.07. The van der Waals surface area contributed by atoms with Gasteiger partial charge in [-0.1, -0.05) is 24.3 Å². The second-order valence-corrected chi connectivity index (χ2v) is 5.56. The van der Waals surface area contributed by atoms with Crippen molar-refractivity contribution in [1.29, 1.82) is 0 Å². The van der Waals surface area contributed by atoms with Crippen molar-refractivity contribution in [1.82, 2.24) is 20.4 Å². The molecule has 1 aromatic heterocycles. The highest BCUT2D eigenvalue weighted by Crippen LogP contribution is 2.19. The number of hydrogen-bond donors (Lipinski definition) is 3. The minimum Gasteiger partial charge on any atom is -0.351 e. The molecule has 3 rings (SSSR count). The van der Waals surface area contributed by atoms with Gasteiger partial charge in [0, 0.05) is 17.6 Å². The lowest BCUT2D eigenvalue weighted by Gasteiger charge is -2.09. The average Bonchev–Trinajstić information content (AvgIpc) is 3.09. The van der Waals surface area contributed by atoms with Gasteiger partial charge in [0.05, 0.1) is 23.9 Å². The average molecular weight is 349 g/mol. The van der Waals surface area contributed by atoms with E-state index in [1.165, 1.54) is 0 Å². The standard InChI is InChI=1S/C19H19N5O2/c1-2-11-20-18(25)13-21-19(26)23-15-7-9-16(10-8-15)24-17-6-4-3-5-14(17)12-22-24/h2-10,12H,1,11,13H2,(H,20,25)(H2,21,23,26). The Bertz CT molecular complexity index is 931. The van der Waals surface area contributed by atoms with Crippen LogP contribution in [0.3, 0.4) is 0 Å². The summed E-state index contributed by atoms with van der Waals surface area (Å²) in [6.45, 7) is 3.77. The number of amides is 3. The molecule has 26 heavy (non-hydrogen) atoms. The van der Waals surface area contributed by atoms with Crippen LogP contribution in [0.2, 0.25) is 0 Å². The van der Waals surface area contributed by atoms with Gasteiger partial charge in [0.25, 0.3) is 0 Å².